The molecule has 4 aromatic rings. The van der Waals surface area contributed by atoms with Crippen LogP contribution in [0.15, 0.2) is 82.1 Å². The molecule has 0 saturated carbocycles. The summed E-state index contributed by atoms with van der Waals surface area (Å²) in [5.74, 6) is 1.63. The smallest absolute Gasteiger partial charge is 0.164 e. The Balaban J connectivity index is 0.000000251. The van der Waals surface area contributed by atoms with Crippen molar-refractivity contribution >= 4 is 34.4 Å². The summed E-state index contributed by atoms with van der Waals surface area (Å²) in [6.07, 6.45) is 13.0. The van der Waals surface area contributed by atoms with Crippen LogP contribution in [0.1, 0.15) is 122 Å². The number of ketones is 1. The van der Waals surface area contributed by atoms with Gasteiger partial charge in [0.05, 0.1) is 11.5 Å². The molecule has 0 bridgehead atoms. The third-order valence-corrected chi connectivity index (χ3v) is 12.1. The molecule has 257 valence electrons. The fraction of sp³-hybridized carbons (Fsp3) is 0.429. The van der Waals surface area contributed by atoms with Crippen molar-refractivity contribution in [3.63, 3.8) is 0 Å². The predicted molar refractivity (Wildman–Crippen MR) is 197 cm³/mol. The average molecular weight is 841 g/mol. The molecule has 0 spiro atoms. The number of rotatable bonds is 8. The molecule has 6 rings (SSSR count). The van der Waals surface area contributed by atoms with Crippen molar-refractivity contribution in [2.45, 2.75) is 109 Å². The fourth-order valence-corrected chi connectivity index (χ4v) is 7.88. The van der Waals surface area contributed by atoms with Crippen molar-refractivity contribution in [1.82, 2.24) is 4.98 Å². The summed E-state index contributed by atoms with van der Waals surface area (Å²) in [6, 6.07) is 18.7. The van der Waals surface area contributed by atoms with Crippen LogP contribution in [-0.2, 0) is 30.3 Å². The second-order valence-corrected chi connectivity index (χ2v) is 15.7. The van der Waals surface area contributed by atoms with Gasteiger partial charge < -0.3 is 9.52 Å². The maximum Gasteiger partial charge on any atom is 0.164 e. The van der Waals surface area contributed by atoms with Gasteiger partial charge in [-0.3, -0.25) is 9.78 Å². The van der Waals surface area contributed by atoms with Crippen LogP contribution in [0.25, 0.3) is 28.1 Å². The van der Waals surface area contributed by atoms with Crippen LogP contribution in [0.4, 0.5) is 0 Å². The number of thioether (sulfide) groups is 1. The third kappa shape index (κ3) is 7.18. The van der Waals surface area contributed by atoms with Gasteiger partial charge in [0.2, 0.25) is 0 Å². The van der Waals surface area contributed by atoms with E-state index >= 15 is 0 Å². The Morgan fingerprint density at radius 1 is 0.979 bits per heavy atom. The van der Waals surface area contributed by atoms with E-state index in [2.05, 4.69) is 81.5 Å². The number of fused-ring (bicyclic) bond motifs is 6. The van der Waals surface area contributed by atoms with Crippen molar-refractivity contribution in [3.05, 3.63) is 101 Å². The Bertz CT molecular complexity index is 1820. The number of aliphatic hydroxyl groups excluding tert-OH is 1. The van der Waals surface area contributed by atoms with Crippen molar-refractivity contribution in [2.75, 3.05) is 0 Å². The molecule has 2 aromatic heterocycles. The molecule has 1 aliphatic carbocycles. The molecule has 6 heteroatoms. The Labute approximate surface area is 305 Å². The van der Waals surface area contributed by atoms with Crippen LogP contribution >= 0.6 is 11.8 Å². The van der Waals surface area contributed by atoms with Gasteiger partial charge in [0, 0.05) is 65.3 Å². The SMILES string of the molecule is CC(C)(C)c1cc(-c2nccc3c2C2C=Cc4ccoc4C2S3)[c-]c2ccccc12.CCC(C)(CC)C(=O)/C=C(\O)C(C)(CC)CC.[Ir]. The first-order valence-electron chi connectivity index (χ1n) is 17.1. The number of carbonyl (C=O) groups excluding carboxylic acids is 1. The molecule has 1 radical (unpaired) electrons. The zero-order valence-electron chi connectivity index (χ0n) is 29.9. The third-order valence-electron chi connectivity index (χ3n) is 10.8. The van der Waals surface area contributed by atoms with Crippen LogP contribution in [-0.4, -0.2) is 15.9 Å². The maximum atomic E-state index is 12.2. The van der Waals surface area contributed by atoms with E-state index in [1.807, 2.05) is 59.5 Å². The maximum absolute atomic E-state index is 12.2. The largest absolute Gasteiger partial charge is 0.512 e. The summed E-state index contributed by atoms with van der Waals surface area (Å²) in [4.78, 5) is 18.4. The quantitative estimate of drug-likeness (QED) is 0.109. The van der Waals surface area contributed by atoms with E-state index in [4.69, 9.17) is 9.40 Å². The number of pyridine rings is 1. The molecule has 0 amide bonds. The molecule has 0 saturated heterocycles. The molecule has 3 heterocycles. The Kier molecular flexibility index (Phi) is 11.8. The molecule has 2 unspecified atom stereocenters. The standard InChI is InChI=1S/C27H22NOS.C15H28O2.Ir/c1-27(2,3)21-15-18(14-17-6-4-5-7-19(17)21)24-23-20-9-8-16-11-13-29-25(16)26(20)30-22(23)10-12-28-24;1-7-14(5,8-2)12(16)11-13(17)15(6,9-3)10-4;/h4-13,15,20,26H,1-3H3;11,16H,7-10H2,1-6H3;/q-1;;/b;12-11-;. The van der Waals surface area contributed by atoms with Crippen LogP contribution in [0.2, 0.25) is 0 Å². The first kappa shape index (κ1) is 37.9. The Morgan fingerprint density at radius 3 is 2.29 bits per heavy atom. The number of aromatic nitrogens is 1. The zero-order valence-corrected chi connectivity index (χ0v) is 33.1. The van der Waals surface area contributed by atoms with Crippen LogP contribution < -0.4 is 0 Å². The zero-order chi connectivity index (χ0) is 34.1. The van der Waals surface area contributed by atoms with E-state index in [9.17, 15) is 9.90 Å². The van der Waals surface area contributed by atoms with Crippen LogP contribution in [0.5, 0.6) is 0 Å². The summed E-state index contributed by atoms with van der Waals surface area (Å²) >= 11 is 1.89. The minimum absolute atomic E-state index is 0. The van der Waals surface area contributed by atoms with Crippen LogP contribution in [0.3, 0.4) is 0 Å². The molecule has 1 N–H and O–H groups in total. The monoisotopic (exact) mass is 841 g/mol. The topological polar surface area (TPSA) is 63.3 Å². The number of hydrogen-bond donors (Lipinski definition) is 1. The number of benzene rings is 2. The van der Waals surface area contributed by atoms with E-state index < -0.39 is 0 Å². The van der Waals surface area contributed by atoms with E-state index in [-0.39, 0.29) is 59.1 Å². The summed E-state index contributed by atoms with van der Waals surface area (Å²) in [6.45, 7) is 18.9. The number of aliphatic hydroxyl groups is 1. The normalized spacial score (nSPS) is 17.1. The Morgan fingerprint density at radius 2 is 1.65 bits per heavy atom. The average Bonchev–Trinajstić information content (AvgIpc) is 3.71. The van der Waals surface area contributed by atoms with E-state index in [1.54, 1.807) is 6.26 Å². The minimum Gasteiger partial charge on any atom is -0.512 e. The van der Waals surface area contributed by atoms with Crippen molar-refractivity contribution < 1.29 is 34.4 Å². The van der Waals surface area contributed by atoms with Gasteiger partial charge in [0.25, 0.3) is 0 Å². The molecule has 48 heavy (non-hydrogen) atoms. The van der Waals surface area contributed by atoms with Crippen molar-refractivity contribution in [3.8, 4) is 11.3 Å². The molecule has 2 aromatic carbocycles. The van der Waals surface area contributed by atoms with Gasteiger partial charge >= 0.3 is 0 Å². The molecule has 4 nitrogen and oxygen atoms in total. The number of furan rings is 1. The number of allylic oxidation sites excluding steroid dienone is 3. The first-order valence-corrected chi connectivity index (χ1v) is 18.0. The van der Waals surface area contributed by atoms with E-state index in [0.717, 1.165) is 48.1 Å². The van der Waals surface area contributed by atoms with Gasteiger partial charge in [0.15, 0.2) is 5.78 Å². The van der Waals surface area contributed by atoms with Crippen molar-refractivity contribution in [2.24, 2.45) is 10.8 Å². The number of hydrogen-bond acceptors (Lipinski definition) is 5. The van der Waals surface area contributed by atoms with Crippen LogP contribution in [0, 0.1) is 16.9 Å². The molecule has 2 aliphatic rings. The first-order chi connectivity index (χ1) is 22.3. The minimum atomic E-state index is -0.337. The summed E-state index contributed by atoms with van der Waals surface area (Å²) in [5, 5.41) is 12.8. The van der Waals surface area contributed by atoms with Gasteiger partial charge in [-0.15, -0.1) is 40.9 Å². The van der Waals surface area contributed by atoms with Gasteiger partial charge in [-0.25, -0.2) is 0 Å². The Hall–Kier alpha value is -2.92. The summed E-state index contributed by atoms with van der Waals surface area (Å²) in [7, 11) is 0. The summed E-state index contributed by atoms with van der Waals surface area (Å²) < 4.78 is 5.87. The summed E-state index contributed by atoms with van der Waals surface area (Å²) in [5.41, 5.74) is 5.39. The fourth-order valence-electron chi connectivity index (χ4n) is 6.44. The number of nitrogens with zero attached hydrogens (tertiary/aromatic N) is 1. The molecule has 0 fully saturated rings. The molecular weight excluding hydrogens is 791 g/mol. The van der Waals surface area contributed by atoms with E-state index in [0.29, 0.717) is 0 Å². The van der Waals surface area contributed by atoms with Gasteiger partial charge in [-0.05, 0) is 48.8 Å². The van der Waals surface area contributed by atoms with Gasteiger partial charge in [0.1, 0.15) is 11.5 Å². The number of carbonyl (C=O) groups is 1. The van der Waals surface area contributed by atoms with Crippen molar-refractivity contribution in [1.29, 1.82) is 0 Å². The second kappa shape index (κ2) is 14.9. The van der Waals surface area contributed by atoms with Gasteiger partial charge in [-0.2, -0.15) is 0 Å². The van der Waals surface area contributed by atoms with Gasteiger partial charge in [-0.1, -0.05) is 104 Å². The molecule has 2 atom stereocenters. The van der Waals surface area contributed by atoms with E-state index in [1.165, 1.54) is 33.0 Å². The molecular formula is C42H50IrNO3S-. The second-order valence-electron chi connectivity index (χ2n) is 14.6. The molecule has 1 aliphatic heterocycles. The predicted octanol–water partition coefficient (Wildman–Crippen LogP) is 12.2.